The van der Waals surface area contributed by atoms with Crippen LogP contribution < -0.4 is 16.6 Å². The Balaban J connectivity index is 2.01. The maximum absolute atomic E-state index is 12.8. The molecule has 1 fully saturated rings. The standard InChI is InChI=1S/C14H13N5O3S/c1-7-9-11(23-13(7)18-6-2-4-16-18)17-14(22)19(12(9)21)8-3-5-15-10(8)20/h2,4,6,8H,3,5H2,1H3,(H,15,20)(H,17,22)/t8-/m0/s1. The molecule has 1 aliphatic rings. The van der Waals surface area contributed by atoms with Crippen LogP contribution in [0.2, 0.25) is 0 Å². The number of fused-ring (bicyclic) bond motifs is 1. The van der Waals surface area contributed by atoms with Crippen molar-refractivity contribution in [1.29, 1.82) is 0 Å². The van der Waals surface area contributed by atoms with Crippen LogP contribution in [-0.2, 0) is 4.79 Å². The van der Waals surface area contributed by atoms with Crippen molar-refractivity contribution in [3.05, 3.63) is 44.9 Å². The monoisotopic (exact) mass is 331 g/mol. The first-order valence-corrected chi connectivity index (χ1v) is 7.95. The number of aryl methyl sites for hydroxylation is 1. The van der Waals surface area contributed by atoms with E-state index >= 15 is 0 Å². The topological polar surface area (TPSA) is 102 Å². The molecule has 2 N–H and O–H groups in total. The van der Waals surface area contributed by atoms with Gasteiger partial charge in [0.2, 0.25) is 5.91 Å². The zero-order valence-electron chi connectivity index (χ0n) is 12.2. The van der Waals surface area contributed by atoms with E-state index in [2.05, 4.69) is 15.4 Å². The van der Waals surface area contributed by atoms with Crippen molar-refractivity contribution >= 4 is 27.5 Å². The van der Waals surface area contributed by atoms with E-state index in [1.165, 1.54) is 11.3 Å². The van der Waals surface area contributed by atoms with Gasteiger partial charge in [-0.05, 0) is 19.4 Å². The molecule has 1 saturated heterocycles. The number of H-pyrrole nitrogens is 1. The Kier molecular flexibility index (Phi) is 2.98. The smallest absolute Gasteiger partial charge is 0.330 e. The number of thiophene rings is 1. The molecule has 0 bridgehead atoms. The van der Waals surface area contributed by atoms with E-state index in [1.54, 1.807) is 23.1 Å². The van der Waals surface area contributed by atoms with Crippen LogP contribution in [0.25, 0.3) is 15.2 Å². The number of rotatable bonds is 2. The molecule has 3 aromatic heterocycles. The van der Waals surface area contributed by atoms with Gasteiger partial charge in [-0.1, -0.05) is 11.3 Å². The van der Waals surface area contributed by atoms with Crippen LogP contribution in [0.15, 0.2) is 28.0 Å². The fourth-order valence-corrected chi connectivity index (χ4v) is 4.07. The Morgan fingerprint density at radius 1 is 1.35 bits per heavy atom. The molecule has 3 aromatic rings. The van der Waals surface area contributed by atoms with Crippen molar-refractivity contribution < 1.29 is 4.79 Å². The first-order valence-electron chi connectivity index (χ1n) is 7.13. The minimum absolute atomic E-state index is 0.294. The first-order chi connectivity index (χ1) is 11.1. The maximum atomic E-state index is 12.8. The second-order valence-corrected chi connectivity index (χ2v) is 6.39. The molecule has 23 heavy (non-hydrogen) atoms. The lowest BCUT2D eigenvalue weighted by atomic mass is 10.2. The first kappa shape index (κ1) is 13.9. The third-order valence-corrected chi connectivity index (χ3v) is 5.23. The fraction of sp³-hybridized carbons (Fsp3) is 0.286. The summed E-state index contributed by atoms with van der Waals surface area (Å²) in [6.45, 7) is 2.28. The molecule has 0 aromatic carbocycles. The Morgan fingerprint density at radius 2 is 2.17 bits per heavy atom. The van der Waals surface area contributed by atoms with Gasteiger partial charge in [0, 0.05) is 24.5 Å². The van der Waals surface area contributed by atoms with Gasteiger partial charge < -0.3 is 5.32 Å². The van der Waals surface area contributed by atoms with Gasteiger partial charge in [0.05, 0.1) is 5.39 Å². The summed E-state index contributed by atoms with van der Waals surface area (Å²) < 4.78 is 2.68. The van der Waals surface area contributed by atoms with Crippen LogP contribution in [-0.4, -0.2) is 31.8 Å². The molecule has 0 aliphatic carbocycles. The maximum Gasteiger partial charge on any atom is 0.330 e. The van der Waals surface area contributed by atoms with E-state index in [1.807, 2.05) is 6.92 Å². The third-order valence-electron chi connectivity index (χ3n) is 4.04. The quantitative estimate of drug-likeness (QED) is 0.705. The van der Waals surface area contributed by atoms with E-state index in [0.29, 0.717) is 23.2 Å². The summed E-state index contributed by atoms with van der Waals surface area (Å²) in [7, 11) is 0. The zero-order valence-corrected chi connectivity index (χ0v) is 13.0. The van der Waals surface area contributed by atoms with E-state index in [9.17, 15) is 14.4 Å². The molecular weight excluding hydrogens is 318 g/mol. The molecule has 4 heterocycles. The van der Waals surface area contributed by atoms with Crippen molar-refractivity contribution in [2.75, 3.05) is 6.54 Å². The van der Waals surface area contributed by atoms with Gasteiger partial charge >= 0.3 is 5.69 Å². The van der Waals surface area contributed by atoms with Crippen LogP contribution in [0.5, 0.6) is 0 Å². The van der Waals surface area contributed by atoms with Crippen molar-refractivity contribution in [3.8, 4) is 5.00 Å². The summed E-state index contributed by atoms with van der Waals surface area (Å²) >= 11 is 1.29. The molecule has 4 rings (SSSR count). The summed E-state index contributed by atoms with van der Waals surface area (Å²) in [6.07, 6.45) is 3.86. The van der Waals surface area contributed by atoms with Gasteiger partial charge in [0.25, 0.3) is 5.56 Å². The highest BCUT2D eigenvalue weighted by atomic mass is 32.1. The van der Waals surface area contributed by atoms with E-state index in [4.69, 9.17) is 0 Å². The summed E-state index contributed by atoms with van der Waals surface area (Å²) in [5, 5.41) is 8.02. The van der Waals surface area contributed by atoms with Gasteiger partial charge in [0.15, 0.2) is 0 Å². The molecule has 8 nitrogen and oxygen atoms in total. The molecule has 9 heteroatoms. The average molecular weight is 331 g/mol. The van der Waals surface area contributed by atoms with Crippen LogP contribution in [0.3, 0.4) is 0 Å². The Bertz CT molecular complexity index is 1030. The van der Waals surface area contributed by atoms with Gasteiger partial charge in [0.1, 0.15) is 15.9 Å². The highest BCUT2D eigenvalue weighted by Gasteiger charge is 2.30. The molecule has 0 unspecified atom stereocenters. The van der Waals surface area contributed by atoms with Gasteiger partial charge in [-0.3, -0.25) is 14.6 Å². The normalized spacial score (nSPS) is 17.8. The summed E-state index contributed by atoms with van der Waals surface area (Å²) in [6, 6.07) is 1.04. The third kappa shape index (κ3) is 1.96. The predicted molar refractivity (Wildman–Crippen MR) is 85.2 cm³/mol. The lowest BCUT2D eigenvalue weighted by Gasteiger charge is -2.09. The number of aromatic nitrogens is 4. The molecular formula is C14H13N5O3S. The van der Waals surface area contributed by atoms with Crippen molar-refractivity contribution in [1.82, 2.24) is 24.6 Å². The van der Waals surface area contributed by atoms with E-state index in [0.717, 1.165) is 15.1 Å². The SMILES string of the molecule is Cc1c(-n2cccn2)sc2[nH]c(=O)n([C@H]3CCNC3=O)c(=O)c12. The van der Waals surface area contributed by atoms with Crippen molar-refractivity contribution in [2.45, 2.75) is 19.4 Å². The molecule has 0 radical (unpaired) electrons. The lowest BCUT2D eigenvalue weighted by Crippen LogP contribution is -2.40. The van der Waals surface area contributed by atoms with Crippen molar-refractivity contribution in [2.24, 2.45) is 0 Å². The molecule has 1 amide bonds. The van der Waals surface area contributed by atoms with E-state index in [-0.39, 0.29) is 5.91 Å². The largest absolute Gasteiger partial charge is 0.354 e. The zero-order chi connectivity index (χ0) is 16.1. The van der Waals surface area contributed by atoms with Crippen LogP contribution in [0, 0.1) is 6.92 Å². The Morgan fingerprint density at radius 3 is 2.83 bits per heavy atom. The molecule has 1 aliphatic heterocycles. The fourth-order valence-electron chi connectivity index (χ4n) is 2.94. The van der Waals surface area contributed by atoms with Crippen molar-refractivity contribution in [3.63, 3.8) is 0 Å². The lowest BCUT2D eigenvalue weighted by molar-refractivity contribution is -0.122. The second kappa shape index (κ2) is 4.92. The number of carbonyl (C=O) groups is 1. The molecule has 118 valence electrons. The minimum Gasteiger partial charge on any atom is -0.354 e. The second-order valence-electron chi connectivity index (χ2n) is 5.39. The average Bonchev–Trinajstić information content (AvgIpc) is 3.21. The Hall–Kier alpha value is -2.68. The minimum atomic E-state index is -0.747. The van der Waals surface area contributed by atoms with Gasteiger partial charge in [-0.2, -0.15) is 5.10 Å². The number of hydrogen-bond acceptors (Lipinski definition) is 5. The van der Waals surface area contributed by atoms with Crippen LogP contribution >= 0.6 is 11.3 Å². The summed E-state index contributed by atoms with van der Waals surface area (Å²) in [5.74, 6) is -0.294. The number of amides is 1. The van der Waals surface area contributed by atoms with E-state index < -0.39 is 17.3 Å². The predicted octanol–water partition coefficient (Wildman–Crippen LogP) is 0.306. The number of carbonyl (C=O) groups excluding carboxylic acids is 1. The van der Waals surface area contributed by atoms with Crippen LogP contribution in [0.4, 0.5) is 0 Å². The van der Waals surface area contributed by atoms with Gasteiger partial charge in [-0.25, -0.2) is 14.0 Å². The molecule has 0 spiro atoms. The summed E-state index contributed by atoms with van der Waals surface area (Å²) in [4.78, 5) is 40.2. The van der Waals surface area contributed by atoms with Crippen LogP contribution in [0.1, 0.15) is 18.0 Å². The summed E-state index contributed by atoms with van der Waals surface area (Å²) in [5.41, 5.74) is -0.252. The highest BCUT2D eigenvalue weighted by molar-refractivity contribution is 7.21. The number of aromatic amines is 1. The molecule has 1 atom stereocenters. The van der Waals surface area contributed by atoms with Gasteiger partial charge in [-0.15, -0.1) is 0 Å². The highest BCUT2D eigenvalue weighted by Crippen LogP contribution is 2.29. The Labute approximate surface area is 133 Å². The number of nitrogens with one attached hydrogen (secondary N) is 2. The number of hydrogen-bond donors (Lipinski definition) is 2. The number of nitrogens with zero attached hydrogens (tertiary/aromatic N) is 3. The molecule has 0 saturated carbocycles.